The second-order valence-corrected chi connectivity index (χ2v) is 10.5. The fourth-order valence-corrected chi connectivity index (χ4v) is 5.83. The summed E-state index contributed by atoms with van der Waals surface area (Å²) in [7, 11) is 1.58. The number of methoxy groups -OCH3 is 1. The lowest BCUT2D eigenvalue weighted by molar-refractivity contribution is -0.132. The third-order valence-electron chi connectivity index (χ3n) is 8.13. The Labute approximate surface area is 224 Å². The zero-order valence-corrected chi connectivity index (χ0v) is 22.0. The first kappa shape index (κ1) is 25.0. The van der Waals surface area contributed by atoms with Gasteiger partial charge in [-0.05, 0) is 61.4 Å². The Balaban J connectivity index is 1.04. The molecule has 2 amide bonds. The fraction of sp³-hybridized carbons (Fsp3) is 0.367. The number of carbonyl (C=O) groups is 2. The molecule has 9 heteroatoms. The van der Waals surface area contributed by atoms with E-state index < -0.39 is 5.63 Å². The van der Waals surface area contributed by atoms with Crippen molar-refractivity contribution in [2.45, 2.75) is 26.2 Å². The van der Waals surface area contributed by atoms with Crippen molar-refractivity contribution in [1.82, 2.24) is 9.80 Å². The maximum Gasteiger partial charge on any atom is 0.336 e. The summed E-state index contributed by atoms with van der Waals surface area (Å²) in [5, 5.41) is 1.67. The van der Waals surface area contributed by atoms with E-state index in [1.165, 1.54) is 6.07 Å². The van der Waals surface area contributed by atoms with E-state index in [-0.39, 0.29) is 23.8 Å². The number of hydrogen-bond acceptors (Lipinski definition) is 7. The second kappa shape index (κ2) is 9.80. The average Bonchev–Trinajstić information content (AvgIpc) is 3.56. The van der Waals surface area contributed by atoms with Crippen LogP contribution in [0, 0.1) is 12.3 Å². The van der Waals surface area contributed by atoms with Crippen molar-refractivity contribution in [1.29, 1.82) is 0 Å². The van der Waals surface area contributed by atoms with Crippen molar-refractivity contribution in [3.05, 3.63) is 70.3 Å². The molecule has 4 heterocycles. The van der Waals surface area contributed by atoms with Crippen molar-refractivity contribution in [3.63, 3.8) is 0 Å². The Morgan fingerprint density at radius 2 is 1.74 bits per heavy atom. The lowest BCUT2D eigenvalue weighted by atomic mass is 9.77. The molecule has 4 aromatic rings. The first-order chi connectivity index (χ1) is 18.8. The number of hydrogen-bond donors (Lipinski definition) is 0. The van der Waals surface area contributed by atoms with Crippen molar-refractivity contribution in [3.8, 4) is 11.5 Å². The van der Waals surface area contributed by atoms with E-state index in [2.05, 4.69) is 0 Å². The number of fused-ring (bicyclic) bond motifs is 2. The Hall–Kier alpha value is -4.27. The Kier molecular flexibility index (Phi) is 6.29. The normalized spacial score (nSPS) is 16.8. The van der Waals surface area contributed by atoms with E-state index in [1.54, 1.807) is 25.3 Å². The third kappa shape index (κ3) is 4.73. The number of carbonyl (C=O) groups excluding carboxylic acids is 2. The molecule has 9 nitrogen and oxygen atoms in total. The molecule has 202 valence electrons. The van der Waals surface area contributed by atoms with Gasteiger partial charge in [-0.2, -0.15) is 0 Å². The molecule has 2 fully saturated rings. The molecule has 2 aliphatic heterocycles. The zero-order valence-electron chi connectivity index (χ0n) is 22.0. The molecule has 1 spiro atoms. The summed E-state index contributed by atoms with van der Waals surface area (Å²) in [6, 6.07) is 14.1. The van der Waals surface area contributed by atoms with E-state index in [0.717, 1.165) is 35.6 Å². The van der Waals surface area contributed by atoms with E-state index in [1.807, 2.05) is 41.0 Å². The predicted molar refractivity (Wildman–Crippen MR) is 144 cm³/mol. The van der Waals surface area contributed by atoms with Gasteiger partial charge in [0.15, 0.2) is 23.7 Å². The number of benzene rings is 2. The van der Waals surface area contributed by atoms with Crippen LogP contribution in [0.3, 0.4) is 0 Å². The number of furan rings is 1. The van der Waals surface area contributed by atoms with Crippen molar-refractivity contribution in [2.24, 2.45) is 5.41 Å². The van der Waals surface area contributed by atoms with Gasteiger partial charge in [0.25, 0.3) is 11.8 Å². The summed E-state index contributed by atoms with van der Waals surface area (Å²) in [6.07, 6.45) is 2.56. The number of para-hydroxylation sites is 1. The van der Waals surface area contributed by atoms with Crippen LogP contribution in [0.5, 0.6) is 11.5 Å². The number of ether oxygens (including phenoxy) is 2. The minimum atomic E-state index is -0.416. The molecule has 2 aromatic carbocycles. The van der Waals surface area contributed by atoms with Crippen molar-refractivity contribution < 1.29 is 27.9 Å². The van der Waals surface area contributed by atoms with Gasteiger partial charge in [0.05, 0.1) is 7.11 Å². The van der Waals surface area contributed by atoms with E-state index in [9.17, 15) is 14.4 Å². The average molecular weight is 531 g/mol. The van der Waals surface area contributed by atoms with E-state index >= 15 is 0 Å². The van der Waals surface area contributed by atoms with Crippen molar-refractivity contribution in [2.75, 3.05) is 39.9 Å². The highest BCUT2D eigenvalue weighted by atomic mass is 16.5. The van der Waals surface area contributed by atoms with Gasteiger partial charge >= 0.3 is 5.63 Å². The lowest BCUT2D eigenvalue weighted by Crippen LogP contribution is -2.45. The number of likely N-dealkylation sites (tertiary alicyclic amines) is 2. The molecule has 0 bridgehead atoms. The van der Waals surface area contributed by atoms with Crippen LogP contribution < -0.4 is 15.1 Å². The zero-order chi connectivity index (χ0) is 27.1. The fourth-order valence-electron chi connectivity index (χ4n) is 5.83. The van der Waals surface area contributed by atoms with Crippen molar-refractivity contribution >= 4 is 33.8 Å². The maximum absolute atomic E-state index is 13.2. The summed E-state index contributed by atoms with van der Waals surface area (Å²) >= 11 is 0. The molecule has 0 atom stereocenters. The summed E-state index contributed by atoms with van der Waals surface area (Å²) in [4.78, 5) is 41.5. The van der Waals surface area contributed by atoms with Crippen LogP contribution >= 0.6 is 0 Å². The van der Waals surface area contributed by atoms with Crippen LogP contribution in [0.2, 0.25) is 0 Å². The SMILES string of the molecule is COc1cccc2cc(C(=O)N3CCC4(CCN(C(=O)COc5ccc6c(C)cc(=O)oc6c5)C4)CC3)oc12. The van der Waals surface area contributed by atoms with Crippen LogP contribution in [0.15, 0.2) is 62.2 Å². The largest absolute Gasteiger partial charge is 0.493 e. The van der Waals surface area contributed by atoms with Crippen LogP contribution in [0.1, 0.15) is 35.4 Å². The molecular weight excluding hydrogens is 500 g/mol. The smallest absolute Gasteiger partial charge is 0.336 e. The third-order valence-corrected chi connectivity index (χ3v) is 8.13. The highest BCUT2D eigenvalue weighted by Crippen LogP contribution is 2.41. The summed E-state index contributed by atoms with van der Waals surface area (Å²) in [6.45, 7) is 4.33. The molecule has 2 saturated heterocycles. The molecular formula is C30H30N2O7. The Morgan fingerprint density at radius 1 is 0.974 bits per heavy atom. The van der Waals surface area contributed by atoms with Gasteiger partial charge < -0.3 is 28.1 Å². The highest BCUT2D eigenvalue weighted by molar-refractivity contribution is 5.97. The number of nitrogens with zero attached hydrogens (tertiary/aromatic N) is 2. The number of amides is 2. The molecule has 0 N–H and O–H groups in total. The molecule has 2 aliphatic rings. The standard InChI is InChI=1S/C30H30N2O7/c1-19-14-27(34)38-24-16-21(6-7-22(19)24)37-17-26(33)32-13-10-30(18-32)8-11-31(12-9-30)29(35)25-15-20-4-3-5-23(36-2)28(20)39-25/h3-7,14-16H,8-13,17-18H2,1-2H3. The van der Waals surface area contributed by atoms with Gasteiger partial charge in [-0.25, -0.2) is 4.79 Å². The predicted octanol–water partition coefficient (Wildman–Crippen LogP) is 4.39. The molecule has 0 aliphatic carbocycles. The second-order valence-electron chi connectivity index (χ2n) is 10.5. The molecule has 2 aromatic heterocycles. The highest BCUT2D eigenvalue weighted by Gasteiger charge is 2.43. The Bertz CT molecular complexity index is 1630. The van der Waals surface area contributed by atoms with Crippen LogP contribution in [0.25, 0.3) is 21.9 Å². The molecule has 0 saturated carbocycles. The number of aryl methyl sites for hydroxylation is 1. The number of piperidine rings is 1. The summed E-state index contributed by atoms with van der Waals surface area (Å²) < 4.78 is 22.2. The number of rotatable bonds is 5. The van der Waals surface area contributed by atoms with E-state index in [4.69, 9.17) is 18.3 Å². The maximum atomic E-state index is 13.2. The molecule has 39 heavy (non-hydrogen) atoms. The van der Waals surface area contributed by atoms with E-state index in [0.29, 0.717) is 54.6 Å². The van der Waals surface area contributed by atoms with Gasteiger partial charge in [-0.3, -0.25) is 9.59 Å². The Morgan fingerprint density at radius 3 is 2.51 bits per heavy atom. The summed E-state index contributed by atoms with van der Waals surface area (Å²) in [5.41, 5.74) is 1.44. The quantitative estimate of drug-likeness (QED) is 0.353. The lowest BCUT2D eigenvalue weighted by Gasteiger charge is -2.38. The summed E-state index contributed by atoms with van der Waals surface area (Å²) in [5.74, 6) is 1.20. The first-order valence-corrected chi connectivity index (χ1v) is 13.2. The first-order valence-electron chi connectivity index (χ1n) is 13.2. The van der Waals surface area contributed by atoms with Crippen LogP contribution in [-0.2, 0) is 4.79 Å². The van der Waals surface area contributed by atoms with Crippen LogP contribution in [-0.4, -0.2) is 61.5 Å². The topological polar surface area (TPSA) is 102 Å². The van der Waals surface area contributed by atoms with Gasteiger partial charge in [0.1, 0.15) is 11.3 Å². The minimum absolute atomic E-state index is 0.00736. The van der Waals surface area contributed by atoms with Gasteiger partial charge in [-0.15, -0.1) is 0 Å². The molecule has 6 rings (SSSR count). The molecule has 0 unspecified atom stereocenters. The van der Waals surface area contributed by atoms with Gasteiger partial charge in [0, 0.05) is 49.1 Å². The van der Waals surface area contributed by atoms with Gasteiger partial charge in [-0.1, -0.05) is 12.1 Å². The minimum Gasteiger partial charge on any atom is -0.493 e. The monoisotopic (exact) mass is 530 g/mol. The molecule has 0 radical (unpaired) electrons. The van der Waals surface area contributed by atoms with Gasteiger partial charge in [0.2, 0.25) is 0 Å². The van der Waals surface area contributed by atoms with Crippen LogP contribution in [0.4, 0.5) is 0 Å².